The molecule has 3 aromatic carbocycles. The summed E-state index contributed by atoms with van der Waals surface area (Å²) in [4.78, 5) is 30.9. The normalized spacial score (nSPS) is 14.7. The fourth-order valence-corrected chi connectivity index (χ4v) is 5.26. The maximum Gasteiger partial charge on any atom is 0.253 e. The van der Waals surface area contributed by atoms with E-state index in [2.05, 4.69) is 15.2 Å². The summed E-state index contributed by atoms with van der Waals surface area (Å²) in [6.07, 6.45) is 1.74. The first kappa shape index (κ1) is 26.1. The number of rotatable bonds is 5. The van der Waals surface area contributed by atoms with Crippen LogP contribution in [0.15, 0.2) is 71.9 Å². The molecule has 0 aliphatic carbocycles. The average molecular weight is 555 g/mol. The van der Waals surface area contributed by atoms with Crippen molar-refractivity contribution >= 4 is 34.9 Å². The second-order valence-corrected chi connectivity index (χ2v) is 10.8. The summed E-state index contributed by atoms with van der Waals surface area (Å²) < 4.78 is 15.0. The molecule has 0 bridgehead atoms. The Morgan fingerprint density at radius 2 is 1.85 bits per heavy atom. The van der Waals surface area contributed by atoms with Crippen LogP contribution in [0.5, 0.6) is 0 Å². The fourth-order valence-electron chi connectivity index (χ4n) is 5.09. The smallest absolute Gasteiger partial charge is 0.253 e. The van der Waals surface area contributed by atoms with Crippen LogP contribution in [0.1, 0.15) is 32.6 Å². The van der Waals surface area contributed by atoms with Crippen LogP contribution in [0.3, 0.4) is 0 Å². The van der Waals surface area contributed by atoms with Crippen molar-refractivity contribution in [1.29, 1.82) is 0 Å². The van der Waals surface area contributed by atoms with Gasteiger partial charge < -0.3 is 15.1 Å². The number of aliphatic imine (C=N–C) groups is 1. The van der Waals surface area contributed by atoms with Crippen LogP contribution in [0.4, 0.5) is 16.0 Å². The number of nitrogens with one attached hydrogen (secondary N) is 1. The Labute approximate surface area is 237 Å². The number of likely N-dealkylation sites (N-methyl/N-ethyl adjacent to an activating group) is 1. The minimum absolute atomic E-state index is 0.0297. The van der Waals surface area contributed by atoms with Crippen LogP contribution in [-0.4, -0.2) is 64.6 Å². The highest BCUT2D eigenvalue weighted by Crippen LogP contribution is 2.35. The topological polar surface area (TPSA) is 73.7 Å². The molecule has 0 atom stereocenters. The Hall–Kier alpha value is -4.14. The first-order valence-electron chi connectivity index (χ1n) is 13.1. The van der Waals surface area contributed by atoms with Crippen LogP contribution in [-0.2, 0) is 6.54 Å². The molecular weight excluding hydrogens is 527 g/mol. The zero-order valence-corrected chi connectivity index (χ0v) is 23.2. The second-order valence-electron chi connectivity index (χ2n) is 10.4. The van der Waals surface area contributed by atoms with Gasteiger partial charge in [0.05, 0.1) is 18.0 Å². The summed E-state index contributed by atoms with van der Waals surface area (Å²) in [5.41, 5.74) is 6.24. The van der Waals surface area contributed by atoms with Gasteiger partial charge in [-0.05, 0) is 69.0 Å². The molecule has 1 saturated heterocycles. The Bertz CT molecular complexity index is 1630. The van der Waals surface area contributed by atoms with Crippen molar-refractivity contribution in [1.82, 2.24) is 19.8 Å². The van der Waals surface area contributed by atoms with Gasteiger partial charge in [0.2, 0.25) is 5.95 Å². The summed E-state index contributed by atoms with van der Waals surface area (Å²) in [7, 11) is 4.06. The van der Waals surface area contributed by atoms with E-state index in [1.54, 1.807) is 24.4 Å². The fraction of sp³-hybridized carbons (Fsp3) is 0.226. The van der Waals surface area contributed by atoms with Gasteiger partial charge >= 0.3 is 0 Å². The molecular formula is C31H28ClFN6O. The van der Waals surface area contributed by atoms with Gasteiger partial charge in [0.15, 0.2) is 0 Å². The highest BCUT2D eigenvalue weighted by Gasteiger charge is 2.32. The summed E-state index contributed by atoms with van der Waals surface area (Å²) >= 11 is 6.39. The second kappa shape index (κ2) is 10.4. The van der Waals surface area contributed by atoms with E-state index >= 15 is 4.39 Å². The monoisotopic (exact) mass is 554 g/mol. The average Bonchev–Trinajstić information content (AvgIpc) is 3.04. The number of nitrogens with zero attached hydrogens (tertiary/aromatic N) is 5. The van der Waals surface area contributed by atoms with E-state index in [9.17, 15) is 4.79 Å². The maximum atomic E-state index is 15.0. The van der Waals surface area contributed by atoms with E-state index in [0.29, 0.717) is 46.1 Å². The molecule has 202 valence electrons. The Kier molecular flexibility index (Phi) is 6.82. The predicted octanol–water partition coefficient (Wildman–Crippen LogP) is 5.73. The number of halogens is 2. The predicted molar refractivity (Wildman–Crippen MR) is 156 cm³/mol. The lowest BCUT2D eigenvalue weighted by Gasteiger charge is -2.42. The molecule has 3 heterocycles. The summed E-state index contributed by atoms with van der Waals surface area (Å²) in [6.45, 7) is 3.65. The van der Waals surface area contributed by atoms with Crippen molar-refractivity contribution < 1.29 is 9.18 Å². The molecule has 6 rings (SSSR count). The lowest BCUT2D eigenvalue weighted by molar-refractivity contribution is 0.0399. The Balaban J connectivity index is 1.28. The van der Waals surface area contributed by atoms with Crippen molar-refractivity contribution in [3.8, 4) is 11.3 Å². The summed E-state index contributed by atoms with van der Waals surface area (Å²) in [5, 5.41) is 3.77. The third-order valence-corrected chi connectivity index (χ3v) is 7.73. The van der Waals surface area contributed by atoms with E-state index < -0.39 is 0 Å². The Morgan fingerprint density at radius 3 is 2.58 bits per heavy atom. The van der Waals surface area contributed by atoms with Gasteiger partial charge in [0, 0.05) is 63.9 Å². The highest BCUT2D eigenvalue weighted by molar-refractivity contribution is 6.31. The standard InChI is InChI=1S/C31H28ClFN6O/c1-18-5-4-6-26(33)27(18)29-25-13-21(32)9-12-24(25)28-20(14-34-29)15-35-31(37-28)36-22-10-7-19(8-11-22)30(40)39-16-23(17-39)38(2)3/h4-13,15,23H,14,16-17H2,1-3H3,(H,35,36,37). The number of fused-ring (bicyclic) bond motifs is 3. The largest absolute Gasteiger partial charge is 0.335 e. The molecule has 0 spiro atoms. The maximum absolute atomic E-state index is 15.0. The zero-order chi connectivity index (χ0) is 28.0. The number of aryl methyl sites for hydroxylation is 1. The van der Waals surface area contributed by atoms with Crippen molar-refractivity contribution in [2.24, 2.45) is 4.99 Å². The number of anilines is 2. The highest BCUT2D eigenvalue weighted by atomic mass is 35.5. The number of likely N-dealkylation sites (tertiary alicyclic amines) is 1. The van der Waals surface area contributed by atoms with Crippen LogP contribution in [0.25, 0.3) is 11.3 Å². The quantitative estimate of drug-likeness (QED) is 0.341. The van der Waals surface area contributed by atoms with E-state index in [-0.39, 0.29) is 11.7 Å². The molecule has 0 saturated carbocycles. The molecule has 1 N–H and O–H groups in total. The van der Waals surface area contributed by atoms with E-state index in [0.717, 1.165) is 41.0 Å². The summed E-state index contributed by atoms with van der Waals surface area (Å²) in [6, 6.07) is 18.2. The van der Waals surface area contributed by atoms with Crippen LogP contribution >= 0.6 is 11.6 Å². The lowest BCUT2D eigenvalue weighted by Crippen LogP contribution is -2.59. The third-order valence-electron chi connectivity index (χ3n) is 7.49. The SMILES string of the molecule is Cc1cccc(F)c1C1=NCc2cnc(Nc3ccc(C(=O)N4CC(N(C)C)C4)cc3)nc2-c2ccc(Cl)cc21. The molecule has 0 unspecified atom stereocenters. The molecule has 1 fully saturated rings. The van der Waals surface area contributed by atoms with Crippen molar-refractivity contribution in [2.75, 3.05) is 32.5 Å². The molecule has 1 amide bonds. The number of amides is 1. The third kappa shape index (κ3) is 4.85. The van der Waals surface area contributed by atoms with Crippen molar-refractivity contribution in [2.45, 2.75) is 19.5 Å². The van der Waals surface area contributed by atoms with E-state index in [1.165, 1.54) is 6.07 Å². The van der Waals surface area contributed by atoms with Gasteiger partial charge in [-0.25, -0.2) is 14.4 Å². The van der Waals surface area contributed by atoms with Crippen LogP contribution < -0.4 is 5.32 Å². The van der Waals surface area contributed by atoms with E-state index in [4.69, 9.17) is 21.6 Å². The van der Waals surface area contributed by atoms with Gasteiger partial charge in [0.1, 0.15) is 5.82 Å². The Morgan fingerprint density at radius 1 is 1.07 bits per heavy atom. The van der Waals surface area contributed by atoms with Gasteiger partial charge in [-0.3, -0.25) is 9.79 Å². The number of carbonyl (C=O) groups is 1. The van der Waals surface area contributed by atoms with Crippen molar-refractivity contribution in [3.63, 3.8) is 0 Å². The van der Waals surface area contributed by atoms with Gasteiger partial charge in [-0.1, -0.05) is 29.8 Å². The molecule has 4 aromatic rings. The lowest BCUT2D eigenvalue weighted by atomic mass is 9.93. The van der Waals surface area contributed by atoms with Crippen molar-refractivity contribution in [3.05, 3.63) is 106 Å². The molecule has 9 heteroatoms. The molecule has 40 heavy (non-hydrogen) atoms. The molecule has 2 aliphatic rings. The molecule has 0 radical (unpaired) electrons. The van der Waals surface area contributed by atoms with E-state index in [1.807, 2.05) is 62.3 Å². The molecule has 7 nitrogen and oxygen atoms in total. The number of benzene rings is 3. The van der Waals surface area contributed by atoms with Gasteiger partial charge in [-0.15, -0.1) is 0 Å². The van der Waals surface area contributed by atoms with Gasteiger partial charge in [-0.2, -0.15) is 0 Å². The van der Waals surface area contributed by atoms with Crippen LogP contribution in [0, 0.1) is 12.7 Å². The number of aromatic nitrogens is 2. The van der Waals surface area contributed by atoms with Crippen LogP contribution in [0.2, 0.25) is 5.02 Å². The first-order chi connectivity index (χ1) is 19.3. The molecule has 2 aliphatic heterocycles. The zero-order valence-electron chi connectivity index (χ0n) is 22.4. The van der Waals surface area contributed by atoms with Gasteiger partial charge in [0.25, 0.3) is 5.91 Å². The minimum atomic E-state index is -0.336. The number of hydrogen-bond donors (Lipinski definition) is 1. The molecule has 1 aromatic heterocycles. The number of hydrogen-bond acceptors (Lipinski definition) is 6. The first-order valence-corrected chi connectivity index (χ1v) is 13.4. The summed E-state index contributed by atoms with van der Waals surface area (Å²) in [5.74, 6) is 0.0977. The number of carbonyl (C=O) groups excluding carboxylic acids is 1. The minimum Gasteiger partial charge on any atom is -0.335 e.